The quantitative estimate of drug-likeness (QED) is 0.622. The first-order valence-corrected chi connectivity index (χ1v) is 8.49. The van der Waals surface area contributed by atoms with E-state index in [9.17, 15) is 19.7 Å². The number of anilines is 1. The summed E-state index contributed by atoms with van der Waals surface area (Å²) in [6, 6.07) is 4.92. The number of carbonyl (C=O) groups is 2. The lowest BCUT2D eigenvalue weighted by Crippen LogP contribution is -2.36. The molecule has 0 spiro atoms. The molecule has 2 aliphatic rings. The van der Waals surface area contributed by atoms with Crippen molar-refractivity contribution >= 4 is 29.0 Å². The number of nitrogens with one attached hydrogen (secondary N) is 1. The minimum absolute atomic E-state index is 0.0388. The largest absolute Gasteiger partial charge is 0.481 e. The Morgan fingerprint density at radius 3 is 2.65 bits per heavy atom. The predicted molar refractivity (Wildman–Crippen MR) is 94.1 cm³/mol. The summed E-state index contributed by atoms with van der Waals surface area (Å²) in [4.78, 5) is 35.5. The Labute approximate surface area is 149 Å². The summed E-state index contributed by atoms with van der Waals surface area (Å²) in [5, 5.41) is 24.7. The van der Waals surface area contributed by atoms with Gasteiger partial charge in [-0.3, -0.25) is 19.7 Å². The molecule has 0 saturated carbocycles. The van der Waals surface area contributed by atoms with E-state index in [4.69, 9.17) is 5.11 Å². The van der Waals surface area contributed by atoms with Crippen molar-refractivity contribution < 1.29 is 19.6 Å². The summed E-state index contributed by atoms with van der Waals surface area (Å²) in [6.07, 6.45) is 1.21. The molecule has 1 aromatic rings. The number of amides is 1. The van der Waals surface area contributed by atoms with Gasteiger partial charge in [0.25, 0.3) is 5.69 Å². The van der Waals surface area contributed by atoms with Crippen molar-refractivity contribution in [2.24, 2.45) is 16.9 Å². The van der Waals surface area contributed by atoms with E-state index in [1.807, 2.05) is 11.8 Å². The van der Waals surface area contributed by atoms with Gasteiger partial charge < -0.3 is 10.0 Å². The van der Waals surface area contributed by atoms with Gasteiger partial charge in [-0.2, -0.15) is 5.10 Å². The third kappa shape index (κ3) is 3.51. The molecule has 2 N–H and O–H groups in total. The van der Waals surface area contributed by atoms with Crippen molar-refractivity contribution in [3.05, 3.63) is 33.9 Å². The molecule has 3 rings (SSSR count). The number of hydrogen-bond acceptors (Lipinski definition) is 6. The Balaban J connectivity index is 1.88. The molecule has 138 valence electrons. The zero-order valence-electron chi connectivity index (χ0n) is 14.3. The van der Waals surface area contributed by atoms with Crippen molar-refractivity contribution in [2.45, 2.75) is 26.2 Å². The van der Waals surface area contributed by atoms with Crippen LogP contribution in [0.15, 0.2) is 23.3 Å². The van der Waals surface area contributed by atoms with Crippen LogP contribution in [0.4, 0.5) is 11.4 Å². The number of piperidine rings is 1. The van der Waals surface area contributed by atoms with Crippen LogP contribution in [0, 0.1) is 22.0 Å². The summed E-state index contributed by atoms with van der Waals surface area (Å²) < 4.78 is 0. The summed E-state index contributed by atoms with van der Waals surface area (Å²) in [6.45, 7) is 2.78. The average molecular weight is 360 g/mol. The van der Waals surface area contributed by atoms with E-state index in [2.05, 4.69) is 10.5 Å². The van der Waals surface area contributed by atoms with Crippen molar-refractivity contribution in [1.82, 2.24) is 5.43 Å². The highest BCUT2D eigenvalue weighted by atomic mass is 16.6. The molecule has 26 heavy (non-hydrogen) atoms. The summed E-state index contributed by atoms with van der Waals surface area (Å²) in [5.74, 6) is -1.51. The lowest BCUT2D eigenvalue weighted by Gasteiger charge is -2.31. The number of nitro groups is 1. The van der Waals surface area contributed by atoms with E-state index in [0.29, 0.717) is 42.9 Å². The lowest BCUT2D eigenvalue weighted by molar-refractivity contribution is -0.384. The molecule has 2 aliphatic heterocycles. The number of rotatable bonds is 4. The van der Waals surface area contributed by atoms with Crippen molar-refractivity contribution in [3.63, 3.8) is 0 Å². The van der Waals surface area contributed by atoms with Crippen LogP contribution in [0.3, 0.4) is 0 Å². The van der Waals surface area contributed by atoms with Gasteiger partial charge in [0.05, 0.1) is 16.6 Å². The zero-order valence-corrected chi connectivity index (χ0v) is 14.3. The van der Waals surface area contributed by atoms with Crippen LogP contribution in [-0.2, 0) is 9.59 Å². The van der Waals surface area contributed by atoms with Gasteiger partial charge in [-0.25, -0.2) is 5.43 Å². The van der Waals surface area contributed by atoms with E-state index in [-0.39, 0.29) is 23.9 Å². The maximum atomic E-state index is 11.6. The number of carboxylic acid groups (broad SMARTS) is 1. The lowest BCUT2D eigenvalue weighted by atomic mass is 9.93. The number of hydrazone groups is 1. The first kappa shape index (κ1) is 17.8. The maximum Gasteiger partial charge on any atom is 0.306 e. The number of benzene rings is 1. The molecule has 0 aromatic heterocycles. The molecule has 1 saturated heterocycles. The molecule has 1 fully saturated rings. The number of aliphatic carboxylic acids is 1. The molecule has 9 heteroatoms. The van der Waals surface area contributed by atoms with E-state index in [0.717, 1.165) is 0 Å². The van der Waals surface area contributed by atoms with Crippen LogP contribution in [0.5, 0.6) is 0 Å². The third-order valence-electron chi connectivity index (χ3n) is 4.91. The highest BCUT2D eigenvalue weighted by Gasteiger charge is 2.29. The molecule has 0 radical (unpaired) electrons. The van der Waals surface area contributed by atoms with E-state index in [1.165, 1.54) is 6.07 Å². The number of carboxylic acids is 1. The molecule has 1 amide bonds. The van der Waals surface area contributed by atoms with Crippen LogP contribution < -0.4 is 10.3 Å². The topological polar surface area (TPSA) is 125 Å². The summed E-state index contributed by atoms with van der Waals surface area (Å²) >= 11 is 0. The number of hydrogen-bond donors (Lipinski definition) is 2. The number of nitro benzene ring substituents is 1. The van der Waals surface area contributed by atoms with Crippen molar-refractivity contribution in [2.75, 3.05) is 18.0 Å². The van der Waals surface area contributed by atoms with Gasteiger partial charge in [0, 0.05) is 37.1 Å². The highest BCUT2D eigenvalue weighted by molar-refractivity contribution is 6.06. The Hall–Kier alpha value is -2.97. The van der Waals surface area contributed by atoms with Crippen LogP contribution in [0.1, 0.15) is 31.7 Å². The summed E-state index contributed by atoms with van der Waals surface area (Å²) in [7, 11) is 0. The molecule has 0 aliphatic carbocycles. The van der Waals surface area contributed by atoms with Crippen molar-refractivity contribution in [1.29, 1.82) is 0 Å². The average Bonchev–Trinajstić information content (AvgIpc) is 2.61. The molecule has 1 unspecified atom stereocenters. The third-order valence-corrected chi connectivity index (χ3v) is 4.91. The molecule has 1 aromatic carbocycles. The Morgan fingerprint density at radius 2 is 2.08 bits per heavy atom. The first-order valence-electron chi connectivity index (χ1n) is 8.49. The molecule has 1 atom stereocenters. The van der Waals surface area contributed by atoms with Gasteiger partial charge in [-0.05, 0) is 18.9 Å². The first-order chi connectivity index (χ1) is 12.4. The molecule has 9 nitrogen and oxygen atoms in total. The fourth-order valence-electron chi connectivity index (χ4n) is 3.47. The fourth-order valence-corrected chi connectivity index (χ4v) is 3.47. The Morgan fingerprint density at radius 1 is 1.38 bits per heavy atom. The van der Waals surface area contributed by atoms with Gasteiger partial charge in [-0.1, -0.05) is 13.0 Å². The van der Waals surface area contributed by atoms with E-state index < -0.39 is 16.8 Å². The predicted octanol–water partition coefficient (Wildman–Crippen LogP) is 1.76. The van der Waals surface area contributed by atoms with Crippen LogP contribution in [0.25, 0.3) is 0 Å². The Bertz CT molecular complexity index is 783. The minimum atomic E-state index is -0.819. The number of carbonyl (C=O) groups excluding carboxylic acids is 1. The molecular weight excluding hydrogens is 340 g/mol. The SMILES string of the molecule is CC1CC(=O)NN=C1c1ccc(N2CCC(C(=O)O)CC2)c([N+](=O)[O-])c1. The van der Waals surface area contributed by atoms with E-state index >= 15 is 0 Å². The minimum Gasteiger partial charge on any atom is -0.481 e. The van der Waals surface area contributed by atoms with E-state index in [1.54, 1.807) is 12.1 Å². The van der Waals surface area contributed by atoms with Crippen LogP contribution >= 0.6 is 0 Å². The van der Waals surface area contributed by atoms with Crippen LogP contribution in [-0.4, -0.2) is 40.7 Å². The van der Waals surface area contributed by atoms with Gasteiger partial charge in [0.1, 0.15) is 5.69 Å². The van der Waals surface area contributed by atoms with Gasteiger partial charge in [0.15, 0.2) is 0 Å². The standard InChI is InChI=1S/C17H20N4O5/c1-10-8-15(22)18-19-16(10)12-2-3-13(14(9-12)21(25)26)20-6-4-11(5-7-20)17(23)24/h2-3,9-11H,4-8H2,1H3,(H,18,22)(H,23,24). The fraction of sp³-hybridized carbons (Fsp3) is 0.471. The van der Waals surface area contributed by atoms with Crippen LogP contribution in [0.2, 0.25) is 0 Å². The Kier molecular flexibility index (Phi) is 4.88. The monoisotopic (exact) mass is 360 g/mol. The van der Waals surface area contributed by atoms with Gasteiger partial charge >= 0.3 is 5.97 Å². The maximum absolute atomic E-state index is 11.6. The molecule has 0 bridgehead atoms. The normalized spacial score (nSPS) is 21.1. The van der Waals surface area contributed by atoms with Gasteiger partial charge in [0.2, 0.25) is 5.91 Å². The van der Waals surface area contributed by atoms with Gasteiger partial charge in [-0.15, -0.1) is 0 Å². The number of nitrogens with zero attached hydrogens (tertiary/aromatic N) is 3. The second kappa shape index (κ2) is 7.11. The second-order valence-corrected chi connectivity index (χ2v) is 6.70. The second-order valence-electron chi connectivity index (χ2n) is 6.70. The summed E-state index contributed by atoms with van der Waals surface area (Å²) in [5.41, 5.74) is 4.08. The molecular formula is C17H20N4O5. The zero-order chi connectivity index (χ0) is 18.8. The molecule has 2 heterocycles. The smallest absolute Gasteiger partial charge is 0.306 e. The van der Waals surface area contributed by atoms with Crippen molar-refractivity contribution in [3.8, 4) is 0 Å². The highest BCUT2D eigenvalue weighted by Crippen LogP contribution is 2.33.